The highest BCUT2D eigenvalue weighted by molar-refractivity contribution is 5.78. The molecule has 0 spiro atoms. The molecule has 2 aromatic rings. The molecule has 0 atom stereocenters. The first-order valence-corrected chi connectivity index (χ1v) is 3.78. The Balaban J connectivity index is 2.55. The van der Waals surface area contributed by atoms with Crippen molar-refractivity contribution in [2.24, 2.45) is 0 Å². The fraction of sp³-hybridized carbons (Fsp3) is 0.111. The summed E-state index contributed by atoms with van der Waals surface area (Å²) in [5.74, 6) is 0. The van der Waals surface area contributed by atoms with E-state index >= 15 is 0 Å². The zero-order chi connectivity index (χ0) is 9.26. The largest absolute Gasteiger partial charge is 0.423 e. The first-order chi connectivity index (χ1) is 6.31. The minimum atomic E-state index is 0.260. The number of hydrogen-bond donors (Lipinski definition) is 0. The highest BCUT2D eigenvalue weighted by Crippen LogP contribution is 2.19. The van der Waals surface area contributed by atoms with Gasteiger partial charge >= 0.3 is 12.4 Å². The van der Waals surface area contributed by atoms with Crippen molar-refractivity contribution in [3.8, 4) is 0 Å². The summed E-state index contributed by atoms with van der Waals surface area (Å²) in [5, 5.41) is 0. The van der Waals surface area contributed by atoms with Gasteiger partial charge in [-0.1, -0.05) is 12.1 Å². The molecule has 1 radical (unpaired) electrons. The number of aromatic nitrogens is 1. The lowest BCUT2D eigenvalue weighted by Gasteiger charge is -1.99. The lowest BCUT2D eigenvalue weighted by atomic mass is 10.3. The van der Waals surface area contributed by atoms with Crippen molar-refractivity contribution < 1.29 is 9.21 Å². The number of fused-ring (bicyclic) bond motifs is 1. The van der Waals surface area contributed by atoms with E-state index in [1.165, 1.54) is 11.9 Å². The Labute approximate surface area is 74.8 Å². The van der Waals surface area contributed by atoms with Crippen LogP contribution >= 0.6 is 0 Å². The summed E-state index contributed by atoms with van der Waals surface area (Å²) in [6.45, 7) is 0. The zero-order valence-electron chi connectivity index (χ0n) is 7.02. The van der Waals surface area contributed by atoms with E-state index in [9.17, 15) is 4.79 Å². The molecule has 1 heterocycles. The van der Waals surface area contributed by atoms with Gasteiger partial charge in [-0.15, -0.1) is 0 Å². The minimum absolute atomic E-state index is 0.260. The molecule has 1 aromatic heterocycles. The average molecular weight is 175 g/mol. The molecule has 0 saturated carbocycles. The minimum Gasteiger partial charge on any atom is -0.423 e. The van der Waals surface area contributed by atoms with Crippen molar-refractivity contribution in [2.45, 2.75) is 0 Å². The summed E-state index contributed by atoms with van der Waals surface area (Å²) in [6.07, 6.45) is 1.67. The number of carbonyl (C=O) groups excluding carboxylic acids is 1. The van der Waals surface area contributed by atoms with Crippen LogP contribution in [0, 0.1) is 0 Å². The Morgan fingerprint density at radius 2 is 2.23 bits per heavy atom. The third-order valence-corrected chi connectivity index (χ3v) is 1.71. The Bertz CT molecular complexity index is 403. The second kappa shape index (κ2) is 2.90. The van der Waals surface area contributed by atoms with Gasteiger partial charge in [0.15, 0.2) is 5.58 Å². The molecule has 0 N–H and O–H groups in total. The van der Waals surface area contributed by atoms with Crippen LogP contribution in [0.4, 0.5) is 6.01 Å². The summed E-state index contributed by atoms with van der Waals surface area (Å²) in [4.78, 5) is 15.5. The SMILES string of the molecule is CN([C]=O)c1nc2ccccc2o1. The number of para-hydroxylation sites is 2. The highest BCUT2D eigenvalue weighted by Gasteiger charge is 2.08. The zero-order valence-corrected chi connectivity index (χ0v) is 7.02. The maximum Gasteiger partial charge on any atom is 0.320 e. The summed E-state index contributed by atoms with van der Waals surface area (Å²) in [7, 11) is 1.54. The molecule has 4 nitrogen and oxygen atoms in total. The molecule has 0 bridgehead atoms. The van der Waals surface area contributed by atoms with E-state index < -0.39 is 0 Å². The van der Waals surface area contributed by atoms with E-state index in [2.05, 4.69) is 4.98 Å². The summed E-state index contributed by atoms with van der Waals surface area (Å²) >= 11 is 0. The van der Waals surface area contributed by atoms with Crippen molar-refractivity contribution >= 4 is 23.5 Å². The van der Waals surface area contributed by atoms with Gasteiger partial charge in [0.05, 0.1) is 0 Å². The van der Waals surface area contributed by atoms with Gasteiger partial charge in [0.25, 0.3) is 0 Å². The smallest absolute Gasteiger partial charge is 0.320 e. The number of amides is 1. The average Bonchev–Trinajstić information content (AvgIpc) is 2.59. The third kappa shape index (κ3) is 1.26. The molecular formula is C9H7N2O2. The van der Waals surface area contributed by atoms with Crippen LogP contribution in [0.25, 0.3) is 11.1 Å². The van der Waals surface area contributed by atoms with Crippen LogP contribution in [-0.2, 0) is 4.79 Å². The van der Waals surface area contributed by atoms with Crippen molar-refractivity contribution in [1.82, 2.24) is 4.98 Å². The molecule has 0 aliphatic rings. The van der Waals surface area contributed by atoms with Gasteiger partial charge in [0.2, 0.25) is 0 Å². The molecule has 2 rings (SSSR count). The normalized spacial score (nSPS) is 10.2. The third-order valence-electron chi connectivity index (χ3n) is 1.71. The van der Waals surface area contributed by atoms with Gasteiger partial charge in [-0.2, -0.15) is 4.98 Å². The van der Waals surface area contributed by atoms with Gasteiger partial charge in [0.1, 0.15) is 5.52 Å². The molecule has 0 aliphatic carbocycles. The van der Waals surface area contributed by atoms with Crippen LogP contribution in [0.5, 0.6) is 0 Å². The van der Waals surface area contributed by atoms with E-state index in [1.54, 1.807) is 12.5 Å². The van der Waals surface area contributed by atoms with Crippen molar-refractivity contribution in [2.75, 3.05) is 11.9 Å². The van der Waals surface area contributed by atoms with Gasteiger partial charge in [-0.3, -0.25) is 9.69 Å². The maximum absolute atomic E-state index is 10.3. The molecule has 4 heteroatoms. The van der Waals surface area contributed by atoms with E-state index in [0.29, 0.717) is 5.58 Å². The monoisotopic (exact) mass is 175 g/mol. The number of hydrogen-bond acceptors (Lipinski definition) is 3. The lowest BCUT2D eigenvalue weighted by molar-refractivity contribution is 0.543. The quantitative estimate of drug-likeness (QED) is 0.647. The van der Waals surface area contributed by atoms with Crippen LogP contribution < -0.4 is 4.90 Å². The molecule has 1 amide bonds. The van der Waals surface area contributed by atoms with Gasteiger partial charge in [-0.05, 0) is 12.1 Å². The number of benzene rings is 1. The van der Waals surface area contributed by atoms with E-state index in [-0.39, 0.29) is 6.01 Å². The number of oxazole rings is 1. The Kier molecular flexibility index (Phi) is 1.73. The van der Waals surface area contributed by atoms with Gasteiger partial charge in [-0.25, -0.2) is 0 Å². The van der Waals surface area contributed by atoms with Gasteiger partial charge in [0, 0.05) is 7.05 Å². The van der Waals surface area contributed by atoms with Gasteiger partial charge < -0.3 is 4.42 Å². The molecular weight excluding hydrogens is 168 g/mol. The molecule has 0 fully saturated rings. The summed E-state index contributed by atoms with van der Waals surface area (Å²) in [5.41, 5.74) is 1.40. The second-order valence-corrected chi connectivity index (χ2v) is 2.61. The fourth-order valence-corrected chi connectivity index (χ4v) is 1.04. The highest BCUT2D eigenvalue weighted by atomic mass is 16.4. The van der Waals surface area contributed by atoms with Crippen molar-refractivity contribution in [3.63, 3.8) is 0 Å². The fourth-order valence-electron chi connectivity index (χ4n) is 1.04. The van der Waals surface area contributed by atoms with E-state index in [4.69, 9.17) is 4.42 Å². The van der Waals surface area contributed by atoms with E-state index in [0.717, 1.165) is 5.52 Å². The van der Waals surface area contributed by atoms with Crippen LogP contribution in [0.1, 0.15) is 0 Å². The Morgan fingerprint density at radius 1 is 1.46 bits per heavy atom. The lowest BCUT2D eigenvalue weighted by Crippen LogP contribution is -2.13. The van der Waals surface area contributed by atoms with Crippen LogP contribution in [0.15, 0.2) is 28.7 Å². The molecule has 13 heavy (non-hydrogen) atoms. The van der Waals surface area contributed by atoms with Crippen molar-refractivity contribution in [3.05, 3.63) is 24.3 Å². The predicted octanol–water partition coefficient (Wildman–Crippen LogP) is 1.33. The first-order valence-electron chi connectivity index (χ1n) is 3.78. The number of nitrogens with zero attached hydrogens (tertiary/aromatic N) is 2. The number of anilines is 1. The number of rotatable bonds is 2. The van der Waals surface area contributed by atoms with E-state index in [1.807, 2.05) is 18.2 Å². The maximum atomic E-state index is 10.3. The van der Waals surface area contributed by atoms with Crippen LogP contribution in [0.3, 0.4) is 0 Å². The predicted molar refractivity (Wildman–Crippen MR) is 48.1 cm³/mol. The standard InChI is InChI=1S/C9H7N2O2/c1-11(6-12)9-10-7-4-2-3-5-8(7)13-9/h2-5H,1H3. The molecule has 0 aliphatic heterocycles. The van der Waals surface area contributed by atoms with Crippen LogP contribution in [-0.4, -0.2) is 18.4 Å². The molecule has 1 aromatic carbocycles. The summed E-state index contributed by atoms with van der Waals surface area (Å²) < 4.78 is 5.27. The second-order valence-electron chi connectivity index (χ2n) is 2.61. The van der Waals surface area contributed by atoms with Crippen molar-refractivity contribution in [1.29, 1.82) is 0 Å². The first kappa shape index (κ1) is 7.79. The Morgan fingerprint density at radius 3 is 2.92 bits per heavy atom. The molecule has 0 unspecified atom stereocenters. The molecule has 0 saturated heterocycles. The topological polar surface area (TPSA) is 46.3 Å². The summed E-state index contributed by atoms with van der Waals surface area (Å²) in [6, 6.07) is 7.59. The van der Waals surface area contributed by atoms with Crippen LogP contribution in [0.2, 0.25) is 0 Å². The Hall–Kier alpha value is -1.84. The molecule has 65 valence electrons.